The van der Waals surface area contributed by atoms with Gasteiger partial charge in [0, 0.05) is 11.5 Å². The van der Waals surface area contributed by atoms with Gasteiger partial charge in [-0.05, 0) is 73.3 Å². The summed E-state index contributed by atoms with van der Waals surface area (Å²) in [4.78, 5) is 30.6. The van der Waals surface area contributed by atoms with Gasteiger partial charge < -0.3 is 29.9 Å². The molecular formula is C36H35N3O7. The van der Waals surface area contributed by atoms with Crippen molar-refractivity contribution in [3.05, 3.63) is 111 Å². The number of nitrogens with two attached hydrogens (primary N) is 1. The van der Waals surface area contributed by atoms with Crippen molar-refractivity contribution < 1.29 is 33.8 Å². The number of carbonyl (C=O) groups excluding carboxylic acids is 2. The lowest BCUT2D eigenvalue weighted by Crippen LogP contribution is -2.63. The molecule has 1 aromatic heterocycles. The minimum Gasteiger partial charge on any atom is -0.507 e. The molecule has 3 aliphatic carbocycles. The second-order valence-electron chi connectivity index (χ2n) is 12.6. The van der Waals surface area contributed by atoms with Gasteiger partial charge in [-0.15, -0.1) is 0 Å². The van der Waals surface area contributed by atoms with Crippen molar-refractivity contribution in [3.8, 4) is 11.6 Å². The maximum atomic E-state index is 14.5. The predicted molar refractivity (Wildman–Crippen MR) is 169 cm³/mol. The van der Waals surface area contributed by atoms with Gasteiger partial charge in [0.05, 0.1) is 17.3 Å². The molecule has 1 fully saturated rings. The molecule has 0 radical (unpaired) electrons. The van der Waals surface area contributed by atoms with Crippen molar-refractivity contribution in [3.63, 3.8) is 0 Å². The molecule has 1 unspecified atom stereocenters. The first kappa shape index (κ1) is 29.8. The summed E-state index contributed by atoms with van der Waals surface area (Å²) < 4.78 is 17.8. The van der Waals surface area contributed by atoms with Crippen LogP contribution in [0.4, 0.5) is 5.69 Å². The second kappa shape index (κ2) is 11.1. The Kier molecular flexibility index (Phi) is 7.21. The van der Waals surface area contributed by atoms with Gasteiger partial charge in [0.15, 0.2) is 17.1 Å². The Balaban J connectivity index is 1.31. The smallest absolute Gasteiger partial charge is 0.265 e. The molecule has 7 rings (SSSR count). The lowest BCUT2D eigenvalue weighted by Gasteiger charge is -2.49. The van der Waals surface area contributed by atoms with Gasteiger partial charge in [0.1, 0.15) is 24.5 Å². The van der Waals surface area contributed by atoms with Crippen LogP contribution in [-0.2, 0) is 24.4 Å². The molecule has 0 saturated heterocycles. The van der Waals surface area contributed by atoms with Gasteiger partial charge in [0.25, 0.3) is 5.88 Å². The van der Waals surface area contributed by atoms with Crippen LogP contribution in [0.3, 0.4) is 0 Å². The Morgan fingerprint density at radius 2 is 1.61 bits per heavy atom. The third kappa shape index (κ3) is 4.51. The summed E-state index contributed by atoms with van der Waals surface area (Å²) in [5.74, 6) is -2.95. The van der Waals surface area contributed by atoms with Crippen LogP contribution in [0.15, 0.2) is 76.8 Å². The number of Topliss-reactive ketones (excluding diaryl/α,β-unsaturated/α-hetero) is 2. The third-order valence-electron chi connectivity index (χ3n) is 9.57. The molecule has 4 aromatic rings. The van der Waals surface area contributed by atoms with Crippen LogP contribution >= 0.6 is 0 Å². The van der Waals surface area contributed by atoms with E-state index in [1.54, 1.807) is 14.1 Å². The first-order chi connectivity index (χ1) is 22.1. The quantitative estimate of drug-likeness (QED) is 0.191. The number of aryl methyl sites for hydroxylation is 1. The number of aliphatic hydroxyl groups excluding tert-OH is 1. The molecule has 10 nitrogen and oxygen atoms in total. The van der Waals surface area contributed by atoms with Crippen LogP contribution in [0.1, 0.15) is 56.4 Å². The van der Waals surface area contributed by atoms with E-state index in [1.807, 2.05) is 78.6 Å². The van der Waals surface area contributed by atoms with E-state index in [-0.39, 0.29) is 53.9 Å². The lowest BCUT2D eigenvalue weighted by atomic mass is 9.57. The van der Waals surface area contributed by atoms with Crippen molar-refractivity contribution in [2.24, 2.45) is 11.8 Å². The van der Waals surface area contributed by atoms with Crippen LogP contribution in [0.5, 0.6) is 11.6 Å². The highest BCUT2D eigenvalue weighted by atomic mass is 16.5. The fraction of sp³-hybridized carbons (Fsp3) is 0.306. The highest BCUT2D eigenvalue weighted by Crippen LogP contribution is 2.56. The molecule has 0 spiro atoms. The molecule has 4 N–H and O–H groups in total. The van der Waals surface area contributed by atoms with Crippen LogP contribution in [0, 0.1) is 18.8 Å². The SMILES string of the molecule is Cc1cc(N)c(OCc2ccccc2)c2c1C[C@H]1C[C@H]3C(N(C)C)c4onc(OCc5ccccc5)c4C(=O)[C@@]3(O)C(=O)C1=C2O. The average molecular weight is 622 g/mol. The van der Waals surface area contributed by atoms with E-state index < -0.39 is 35.0 Å². The summed E-state index contributed by atoms with van der Waals surface area (Å²) in [7, 11) is 3.59. The fourth-order valence-corrected chi connectivity index (χ4v) is 7.40. The van der Waals surface area contributed by atoms with Gasteiger partial charge in [0.2, 0.25) is 11.6 Å². The van der Waals surface area contributed by atoms with E-state index in [0.29, 0.717) is 17.7 Å². The summed E-state index contributed by atoms with van der Waals surface area (Å²) >= 11 is 0. The highest BCUT2D eigenvalue weighted by molar-refractivity contribution is 6.26. The summed E-state index contributed by atoms with van der Waals surface area (Å²) in [5, 5.41) is 28.2. The number of hydrogen-bond donors (Lipinski definition) is 3. The number of aromatic nitrogens is 1. The van der Waals surface area contributed by atoms with Crippen molar-refractivity contribution in [1.82, 2.24) is 10.1 Å². The summed E-state index contributed by atoms with van der Waals surface area (Å²) in [5.41, 5.74) is 7.90. The molecule has 0 bridgehead atoms. The van der Waals surface area contributed by atoms with Crippen LogP contribution in [-0.4, -0.2) is 51.5 Å². The number of ketones is 2. The summed E-state index contributed by atoms with van der Waals surface area (Å²) in [6, 6.07) is 20.0. The number of fused-ring (bicyclic) bond motifs is 4. The molecule has 1 heterocycles. The first-order valence-electron chi connectivity index (χ1n) is 15.3. The van der Waals surface area contributed by atoms with E-state index >= 15 is 0 Å². The zero-order chi connectivity index (χ0) is 32.3. The largest absolute Gasteiger partial charge is 0.507 e. The zero-order valence-electron chi connectivity index (χ0n) is 25.8. The molecule has 0 amide bonds. The number of benzene rings is 3. The number of ether oxygens (including phenoxy) is 2. The van der Waals surface area contributed by atoms with Gasteiger partial charge in [-0.2, -0.15) is 0 Å². The van der Waals surface area contributed by atoms with Crippen LogP contribution < -0.4 is 15.2 Å². The van der Waals surface area contributed by atoms with Crippen LogP contribution in [0.2, 0.25) is 0 Å². The van der Waals surface area contributed by atoms with Gasteiger partial charge in [-0.1, -0.05) is 60.7 Å². The Hall–Kier alpha value is -4.93. The van der Waals surface area contributed by atoms with E-state index in [4.69, 9.17) is 19.7 Å². The Morgan fingerprint density at radius 1 is 0.978 bits per heavy atom. The normalized spacial score (nSPS) is 23.5. The number of nitrogen functional groups attached to an aromatic ring is 1. The van der Waals surface area contributed by atoms with Crippen molar-refractivity contribution in [2.75, 3.05) is 19.8 Å². The molecule has 10 heteroatoms. The van der Waals surface area contributed by atoms with Crippen molar-refractivity contribution in [1.29, 1.82) is 0 Å². The number of rotatable bonds is 7. The fourth-order valence-electron chi connectivity index (χ4n) is 7.40. The van der Waals surface area contributed by atoms with Crippen molar-refractivity contribution in [2.45, 2.75) is 44.6 Å². The number of aliphatic hydroxyl groups is 2. The highest BCUT2D eigenvalue weighted by Gasteiger charge is 2.65. The molecule has 0 aliphatic heterocycles. The maximum absolute atomic E-state index is 14.5. The number of anilines is 1. The van der Waals surface area contributed by atoms with E-state index in [0.717, 1.165) is 22.3 Å². The van der Waals surface area contributed by atoms with Gasteiger partial charge >= 0.3 is 0 Å². The summed E-state index contributed by atoms with van der Waals surface area (Å²) in [6.07, 6.45) is 0.629. The molecule has 3 aliphatic rings. The Bertz CT molecular complexity index is 1880. The maximum Gasteiger partial charge on any atom is 0.265 e. The van der Waals surface area contributed by atoms with Gasteiger partial charge in [-0.25, -0.2) is 0 Å². The minimum absolute atomic E-state index is 0.00155. The average Bonchev–Trinajstić information content (AvgIpc) is 3.46. The Morgan fingerprint density at radius 3 is 2.24 bits per heavy atom. The third-order valence-corrected chi connectivity index (χ3v) is 9.57. The topological polar surface area (TPSA) is 148 Å². The van der Waals surface area contributed by atoms with E-state index in [2.05, 4.69) is 5.16 Å². The molecular weight excluding hydrogens is 586 g/mol. The standard InChI is InChI=1S/C36H35N3O7/c1-19-14-25(37)31(44-17-20-10-6-4-7-11-20)27-23(19)15-22-16-24-29(39(2)3)32-28(34(42)36(24,43)33(41)26(22)30(27)40)35(38-46-32)45-18-21-12-8-5-9-13-21/h4-14,22,24,29,40,43H,15-18,37H2,1-3H3/t22-,24-,29?,36-/m0/s1. The minimum atomic E-state index is -2.49. The predicted octanol–water partition coefficient (Wildman–Crippen LogP) is 4.98. The van der Waals surface area contributed by atoms with E-state index in [1.165, 1.54) is 0 Å². The number of nitrogens with zero attached hydrogens (tertiary/aromatic N) is 2. The zero-order valence-corrected chi connectivity index (χ0v) is 25.8. The number of carbonyl (C=O) groups is 2. The monoisotopic (exact) mass is 621 g/mol. The number of hydrogen-bond acceptors (Lipinski definition) is 10. The molecule has 3 aromatic carbocycles. The van der Waals surface area contributed by atoms with Gasteiger partial charge in [-0.3, -0.25) is 14.5 Å². The lowest BCUT2D eigenvalue weighted by molar-refractivity contribution is -0.142. The Labute approximate surface area is 266 Å². The van der Waals surface area contributed by atoms with Crippen molar-refractivity contribution >= 4 is 23.0 Å². The van der Waals surface area contributed by atoms with Crippen LogP contribution in [0.25, 0.3) is 5.76 Å². The van der Waals surface area contributed by atoms with E-state index in [9.17, 15) is 19.8 Å². The molecule has 1 saturated carbocycles. The molecule has 236 valence electrons. The second-order valence-corrected chi connectivity index (χ2v) is 12.6. The first-order valence-corrected chi connectivity index (χ1v) is 15.3. The molecule has 46 heavy (non-hydrogen) atoms. The molecule has 4 atom stereocenters. The summed E-state index contributed by atoms with van der Waals surface area (Å²) in [6.45, 7) is 2.20.